The van der Waals surface area contributed by atoms with E-state index in [4.69, 9.17) is 0 Å². The molecule has 0 atom stereocenters. The number of anilines is 6. The van der Waals surface area contributed by atoms with Gasteiger partial charge in [0.15, 0.2) is 0 Å². The number of nitrogens with zero attached hydrogens (tertiary/aromatic N) is 4. The zero-order chi connectivity index (χ0) is 72.9. The summed E-state index contributed by atoms with van der Waals surface area (Å²) >= 11 is 0. The quantitative estimate of drug-likeness (QED) is 0.154. The molecule has 2 aliphatic heterocycles. The van der Waals surface area contributed by atoms with E-state index < -0.39 is 5.41 Å². The summed E-state index contributed by atoms with van der Waals surface area (Å²) in [7, 11) is 0. The molecule has 4 nitrogen and oxygen atoms in total. The molecule has 4 aliphatic rings. The van der Waals surface area contributed by atoms with Crippen molar-refractivity contribution in [2.24, 2.45) is 0 Å². The average molecular weight is 1380 g/mol. The summed E-state index contributed by atoms with van der Waals surface area (Å²) in [5, 5.41) is 5.10. The Kier molecular flexibility index (Phi) is 14.1. The summed E-state index contributed by atoms with van der Waals surface area (Å²) in [6.45, 7) is 27.9. The maximum atomic E-state index is 2.63. The lowest BCUT2D eigenvalue weighted by Gasteiger charge is -2.40. The molecule has 2 aromatic heterocycles. The van der Waals surface area contributed by atoms with E-state index >= 15 is 0 Å². The largest absolute Gasteiger partial charge is 0.311 e. The topological polar surface area (TPSA) is 16.3 Å². The third-order valence-corrected chi connectivity index (χ3v) is 24.4. The molecule has 516 valence electrons. The van der Waals surface area contributed by atoms with Crippen LogP contribution in [0.2, 0.25) is 0 Å². The standard InChI is InChI=1S/C101H86B2N4/c1-97(2,3)63-41-53-87-73(57-63)74-58-64(98(4,5)6)42-54-88(74)104(87)71-45-47-79-77(61-71)93-81(49-51-85-95(93)106(69-33-21-15-22-34-69)91-39-27-25-37-83(91)102(85)67-29-17-13-18-30-67)101(79)80-48-46-72(105-89-55-43-65(99(7,8)9)59-75(89)76-60-66(100(10,11)12)44-56-90(76)105)62-78(80)94-82(101)50-52-86-96(94)107(70-35-23-16-24-36-70)92-40-28-26-38-84(92)103(86)68-31-19-14-20-32-68/h13-62H,1-12H3. The van der Waals surface area contributed by atoms with E-state index in [-0.39, 0.29) is 35.1 Å². The Balaban J connectivity index is 0.956. The highest BCUT2D eigenvalue weighted by molar-refractivity contribution is 6.99. The first-order chi connectivity index (χ1) is 51.6. The van der Waals surface area contributed by atoms with Crippen molar-refractivity contribution in [1.29, 1.82) is 0 Å². The van der Waals surface area contributed by atoms with Crippen LogP contribution < -0.4 is 42.6 Å². The van der Waals surface area contributed by atoms with Gasteiger partial charge in [0.05, 0.1) is 27.5 Å². The molecule has 14 aromatic carbocycles. The van der Waals surface area contributed by atoms with E-state index in [0.717, 1.165) is 22.7 Å². The van der Waals surface area contributed by atoms with Crippen LogP contribution in [0.4, 0.5) is 34.1 Å². The van der Waals surface area contributed by atoms with E-state index in [1.54, 1.807) is 0 Å². The van der Waals surface area contributed by atoms with Gasteiger partial charge in [-0.05, 0) is 208 Å². The number of rotatable bonds is 6. The Morgan fingerprint density at radius 1 is 0.252 bits per heavy atom. The second-order valence-electron chi connectivity index (χ2n) is 34.8. The van der Waals surface area contributed by atoms with Gasteiger partial charge < -0.3 is 18.9 Å². The fraction of sp³-hybridized carbons (Fsp3) is 0.168. The average Bonchev–Trinajstić information content (AvgIpc) is 1.49. The second-order valence-corrected chi connectivity index (χ2v) is 34.8. The van der Waals surface area contributed by atoms with Crippen molar-refractivity contribution >= 4 is 124 Å². The first-order valence-electron chi connectivity index (χ1n) is 38.5. The maximum absolute atomic E-state index is 2.63. The molecule has 0 unspecified atom stereocenters. The van der Waals surface area contributed by atoms with Crippen LogP contribution in [-0.2, 0) is 27.1 Å². The van der Waals surface area contributed by atoms with Crippen LogP contribution in [0.15, 0.2) is 303 Å². The Bertz CT molecular complexity index is 5840. The first-order valence-corrected chi connectivity index (χ1v) is 38.5. The minimum atomic E-state index is -0.853. The third kappa shape index (κ3) is 9.56. The highest BCUT2D eigenvalue weighted by Crippen LogP contribution is 2.67. The van der Waals surface area contributed by atoms with Crippen LogP contribution in [0.5, 0.6) is 0 Å². The molecule has 0 amide bonds. The zero-order valence-corrected chi connectivity index (χ0v) is 63.3. The van der Waals surface area contributed by atoms with Crippen molar-refractivity contribution in [3.05, 3.63) is 348 Å². The van der Waals surface area contributed by atoms with Crippen LogP contribution >= 0.6 is 0 Å². The van der Waals surface area contributed by atoms with Crippen LogP contribution in [0.1, 0.15) is 128 Å². The van der Waals surface area contributed by atoms with Crippen LogP contribution in [0, 0.1) is 0 Å². The van der Waals surface area contributed by atoms with Crippen molar-refractivity contribution in [2.75, 3.05) is 9.80 Å². The van der Waals surface area contributed by atoms with Crippen molar-refractivity contribution in [3.63, 3.8) is 0 Å². The highest BCUT2D eigenvalue weighted by atomic mass is 15.2. The van der Waals surface area contributed by atoms with Crippen LogP contribution in [-0.4, -0.2) is 22.6 Å². The SMILES string of the molecule is CC(C)(C)c1ccc2c(c1)c1cc(C(C)(C)C)ccc1n2-c1ccc2c(c1)-c1c(ccc3c1N(c1ccccc1)c1ccccc1B3c1ccccc1)C21c2ccc(-n3c4ccc(C(C)(C)C)cc4c4cc(C(C)(C)C)ccc43)cc2-c2c1ccc1c2N(c2ccccc2)c2ccccc2B1c1ccccc1. The minimum absolute atomic E-state index is 0.0522. The molecule has 0 radical (unpaired) electrons. The van der Waals surface area contributed by atoms with Gasteiger partial charge in [0.2, 0.25) is 13.4 Å². The minimum Gasteiger partial charge on any atom is -0.311 e. The molecule has 2 aliphatic carbocycles. The number of fused-ring (bicyclic) bond motifs is 22. The van der Waals surface area contributed by atoms with Crippen LogP contribution in [0.3, 0.4) is 0 Å². The molecule has 1 spiro atoms. The fourth-order valence-corrected chi connectivity index (χ4v) is 19.2. The summed E-state index contributed by atoms with van der Waals surface area (Å²) in [5.74, 6) is 0. The lowest BCUT2D eigenvalue weighted by molar-refractivity contribution is 0.590. The predicted octanol–water partition coefficient (Wildman–Crippen LogP) is 22.0. The molecule has 6 heteroatoms. The molecule has 0 saturated heterocycles. The van der Waals surface area contributed by atoms with Gasteiger partial charge >= 0.3 is 0 Å². The summed E-state index contributed by atoms with van der Waals surface area (Å²) in [6, 6.07) is 118. The molecular weight excluding hydrogens is 1290 g/mol. The van der Waals surface area contributed by atoms with E-state index in [1.807, 2.05) is 0 Å². The number of para-hydroxylation sites is 4. The summed E-state index contributed by atoms with van der Waals surface area (Å²) in [6.07, 6.45) is 0. The molecule has 16 aromatic rings. The molecule has 20 rings (SSSR count). The molecule has 0 bridgehead atoms. The molecular formula is C101H86B2N4. The molecule has 107 heavy (non-hydrogen) atoms. The lowest BCUT2D eigenvalue weighted by atomic mass is 9.35. The van der Waals surface area contributed by atoms with Crippen molar-refractivity contribution in [2.45, 2.75) is 110 Å². The maximum Gasteiger partial charge on any atom is 0.246 e. The smallest absolute Gasteiger partial charge is 0.246 e. The fourth-order valence-electron chi connectivity index (χ4n) is 19.2. The van der Waals surface area contributed by atoms with Gasteiger partial charge in [-0.15, -0.1) is 0 Å². The van der Waals surface area contributed by atoms with Gasteiger partial charge in [-0.25, -0.2) is 0 Å². The van der Waals surface area contributed by atoms with Gasteiger partial charge in [0.25, 0.3) is 0 Å². The van der Waals surface area contributed by atoms with Crippen molar-refractivity contribution in [1.82, 2.24) is 9.13 Å². The van der Waals surface area contributed by atoms with E-state index in [0.29, 0.717) is 0 Å². The third-order valence-electron chi connectivity index (χ3n) is 24.4. The molecule has 4 heterocycles. The number of hydrogen-bond acceptors (Lipinski definition) is 2. The zero-order valence-electron chi connectivity index (χ0n) is 63.3. The molecule has 0 N–H and O–H groups in total. The molecule has 0 fully saturated rings. The predicted molar refractivity (Wildman–Crippen MR) is 458 cm³/mol. The normalized spacial score (nSPS) is 14.2. The number of aromatic nitrogens is 2. The van der Waals surface area contributed by atoms with Crippen LogP contribution in [0.25, 0.3) is 77.2 Å². The monoisotopic (exact) mass is 1380 g/mol. The number of benzene rings is 14. The van der Waals surface area contributed by atoms with Gasteiger partial charge in [-0.2, -0.15) is 0 Å². The van der Waals surface area contributed by atoms with Gasteiger partial charge in [-0.1, -0.05) is 288 Å². The second kappa shape index (κ2) is 23.2. The summed E-state index contributed by atoms with van der Waals surface area (Å²) in [5.41, 5.74) is 36.1. The molecule has 0 saturated carbocycles. The first kappa shape index (κ1) is 65.0. The van der Waals surface area contributed by atoms with Gasteiger partial charge in [0.1, 0.15) is 0 Å². The Morgan fingerprint density at radius 2 is 0.551 bits per heavy atom. The number of hydrogen-bond donors (Lipinski definition) is 0. The van der Waals surface area contributed by atoms with Crippen molar-refractivity contribution in [3.8, 4) is 33.6 Å². The Morgan fingerprint density at radius 3 is 0.879 bits per heavy atom. The lowest BCUT2D eigenvalue weighted by Crippen LogP contribution is -2.57. The Labute approximate surface area is 630 Å². The van der Waals surface area contributed by atoms with E-state index in [9.17, 15) is 0 Å². The summed E-state index contributed by atoms with van der Waals surface area (Å²) in [4.78, 5) is 5.26. The van der Waals surface area contributed by atoms with E-state index in [2.05, 4.69) is 405 Å². The van der Waals surface area contributed by atoms with Gasteiger partial charge in [-0.3, -0.25) is 0 Å². The summed E-state index contributed by atoms with van der Waals surface area (Å²) < 4.78 is 5.17. The Hall–Kier alpha value is -11.6. The highest BCUT2D eigenvalue weighted by Gasteiger charge is 2.56. The van der Waals surface area contributed by atoms with Gasteiger partial charge in [0, 0.05) is 78.2 Å². The van der Waals surface area contributed by atoms with Crippen molar-refractivity contribution < 1.29 is 0 Å². The van der Waals surface area contributed by atoms with E-state index in [1.165, 1.54) is 166 Å².